The van der Waals surface area contributed by atoms with Crippen molar-refractivity contribution >= 4 is 5.91 Å². The monoisotopic (exact) mass is 449 g/mol. The first kappa shape index (κ1) is 22.3. The number of carbonyl (C=O) groups is 1. The highest BCUT2D eigenvalue weighted by atomic mass is 16.2. The lowest BCUT2D eigenvalue weighted by Gasteiger charge is -2.36. The van der Waals surface area contributed by atoms with E-state index < -0.39 is 0 Å². The second-order valence-corrected chi connectivity index (χ2v) is 9.20. The molecule has 3 aromatic carbocycles. The predicted molar refractivity (Wildman–Crippen MR) is 137 cm³/mol. The molecule has 1 fully saturated rings. The van der Waals surface area contributed by atoms with Gasteiger partial charge in [-0.15, -0.1) is 0 Å². The Hall–Kier alpha value is -3.47. The number of amides is 1. The van der Waals surface area contributed by atoms with E-state index >= 15 is 0 Å². The maximum atomic E-state index is 12.3. The fourth-order valence-electron chi connectivity index (χ4n) is 5.60. The van der Waals surface area contributed by atoms with Gasteiger partial charge in [0.1, 0.15) is 0 Å². The molecule has 34 heavy (non-hydrogen) atoms. The van der Waals surface area contributed by atoms with Crippen LogP contribution in [0, 0.1) is 0 Å². The van der Waals surface area contributed by atoms with Crippen LogP contribution in [0.4, 0.5) is 0 Å². The Bertz CT molecular complexity index is 1140. The van der Waals surface area contributed by atoms with E-state index in [1.165, 1.54) is 22.3 Å². The van der Waals surface area contributed by atoms with E-state index in [2.05, 4.69) is 115 Å². The molecule has 0 N–H and O–H groups in total. The predicted octanol–water partition coefficient (Wildman–Crippen LogP) is 5.72. The third-order valence-corrected chi connectivity index (χ3v) is 7.14. The lowest BCUT2D eigenvalue weighted by atomic mass is 9.87. The van der Waals surface area contributed by atoms with Gasteiger partial charge in [-0.2, -0.15) is 0 Å². The maximum absolute atomic E-state index is 12.3. The molecule has 3 atom stereocenters. The molecule has 3 aromatic rings. The van der Waals surface area contributed by atoms with Crippen LogP contribution in [0.15, 0.2) is 115 Å². The molecular weight excluding hydrogens is 418 g/mol. The number of benzene rings is 3. The summed E-state index contributed by atoms with van der Waals surface area (Å²) in [5, 5.41) is 0. The molecule has 4 heteroatoms. The van der Waals surface area contributed by atoms with Crippen LogP contribution in [-0.4, -0.2) is 40.9 Å². The number of hydrogen-bond acceptors (Lipinski definition) is 3. The van der Waals surface area contributed by atoms with Crippen molar-refractivity contribution in [1.29, 1.82) is 0 Å². The number of likely N-dealkylation sites (N-methyl/N-ethyl adjacent to an activating group) is 2. The quantitative estimate of drug-likeness (QED) is 0.510. The third-order valence-electron chi connectivity index (χ3n) is 7.14. The Morgan fingerprint density at radius 3 is 1.56 bits per heavy atom. The highest BCUT2D eigenvalue weighted by Crippen LogP contribution is 2.49. The molecule has 0 aromatic heterocycles. The normalized spacial score (nSPS) is 23.8. The van der Waals surface area contributed by atoms with Crippen molar-refractivity contribution < 1.29 is 4.79 Å². The molecule has 4 nitrogen and oxygen atoms in total. The SMILES string of the molecule is CC(=O)N1C=C[C@@H](c2ccccc2)C(C2N(C)[C@@H](c3ccccc3)[C@H](c3ccccc3)N2C)=C1. The zero-order valence-corrected chi connectivity index (χ0v) is 20.0. The summed E-state index contributed by atoms with van der Waals surface area (Å²) in [5.41, 5.74) is 5.02. The molecule has 0 radical (unpaired) electrons. The number of rotatable bonds is 4. The van der Waals surface area contributed by atoms with Gasteiger partial charge in [-0.1, -0.05) is 97.1 Å². The fraction of sp³-hybridized carbons (Fsp3) is 0.233. The van der Waals surface area contributed by atoms with E-state index in [-0.39, 0.29) is 30.1 Å². The van der Waals surface area contributed by atoms with Crippen LogP contribution in [-0.2, 0) is 4.79 Å². The molecular formula is C30H31N3O. The van der Waals surface area contributed by atoms with Crippen molar-refractivity contribution in [1.82, 2.24) is 14.7 Å². The Morgan fingerprint density at radius 2 is 1.12 bits per heavy atom. The summed E-state index contributed by atoms with van der Waals surface area (Å²) >= 11 is 0. The largest absolute Gasteiger partial charge is 0.295 e. The topological polar surface area (TPSA) is 26.8 Å². The molecule has 5 rings (SSSR count). The van der Waals surface area contributed by atoms with Crippen LogP contribution in [0.25, 0.3) is 0 Å². The van der Waals surface area contributed by atoms with Crippen LogP contribution in [0.3, 0.4) is 0 Å². The highest BCUT2D eigenvalue weighted by molar-refractivity contribution is 5.76. The first-order chi connectivity index (χ1) is 16.6. The molecule has 1 amide bonds. The molecule has 2 heterocycles. The zero-order chi connectivity index (χ0) is 23.7. The lowest BCUT2D eigenvalue weighted by Crippen LogP contribution is -2.40. The van der Waals surface area contributed by atoms with Crippen molar-refractivity contribution in [2.45, 2.75) is 31.1 Å². The Balaban J connectivity index is 1.63. The van der Waals surface area contributed by atoms with Crippen molar-refractivity contribution in [3.05, 3.63) is 132 Å². The number of allylic oxidation sites excluding steroid dienone is 1. The van der Waals surface area contributed by atoms with E-state index in [1.54, 1.807) is 11.8 Å². The van der Waals surface area contributed by atoms with Gasteiger partial charge >= 0.3 is 0 Å². The second-order valence-electron chi connectivity index (χ2n) is 9.20. The third kappa shape index (κ3) is 4.00. The van der Waals surface area contributed by atoms with Crippen molar-refractivity contribution in [3.63, 3.8) is 0 Å². The molecule has 1 saturated heterocycles. The van der Waals surface area contributed by atoms with E-state index in [1.807, 2.05) is 18.5 Å². The molecule has 0 aliphatic carbocycles. The smallest absolute Gasteiger partial charge is 0.227 e. The van der Waals surface area contributed by atoms with Crippen LogP contribution in [0.5, 0.6) is 0 Å². The molecule has 172 valence electrons. The summed E-state index contributed by atoms with van der Waals surface area (Å²) < 4.78 is 0. The zero-order valence-electron chi connectivity index (χ0n) is 20.0. The van der Waals surface area contributed by atoms with Crippen LogP contribution >= 0.6 is 0 Å². The van der Waals surface area contributed by atoms with Gasteiger partial charge in [-0.05, 0) is 36.4 Å². The van der Waals surface area contributed by atoms with Crippen LogP contribution in [0.1, 0.15) is 41.6 Å². The van der Waals surface area contributed by atoms with Gasteiger partial charge < -0.3 is 0 Å². The Morgan fingerprint density at radius 1 is 0.676 bits per heavy atom. The summed E-state index contributed by atoms with van der Waals surface area (Å²) in [6.07, 6.45) is 6.13. The Kier molecular flexibility index (Phi) is 6.18. The summed E-state index contributed by atoms with van der Waals surface area (Å²) in [7, 11) is 4.42. The van der Waals surface area contributed by atoms with Gasteiger partial charge in [0.15, 0.2) is 0 Å². The van der Waals surface area contributed by atoms with Gasteiger partial charge in [0.25, 0.3) is 0 Å². The minimum atomic E-state index is 0.0165. The fourth-order valence-corrected chi connectivity index (χ4v) is 5.60. The van der Waals surface area contributed by atoms with Crippen molar-refractivity contribution in [3.8, 4) is 0 Å². The van der Waals surface area contributed by atoms with Gasteiger partial charge in [0.05, 0.1) is 18.2 Å². The van der Waals surface area contributed by atoms with Gasteiger partial charge in [0, 0.05) is 25.2 Å². The minimum absolute atomic E-state index is 0.0165. The van der Waals surface area contributed by atoms with E-state index in [4.69, 9.17) is 0 Å². The van der Waals surface area contributed by atoms with Crippen molar-refractivity contribution in [2.75, 3.05) is 14.1 Å². The molecule has 2 aliphatic heterocycles. The average molecular weight is 450 g/mol. The van der Waals surface area contributed by atoms with Gasteiger partial charge in [-0.25, -0.2) is 0 Å². The summed E-state index contributed by atoms with van der Waals surface area (Å²) in [5.74, 6) is 0.112. The lowest BCUT2D eigenvalue weighted by molar-refractivity contribution is -0.124. The van der Waals surface area contributed by atoms with Gasteiger partial charge in [-0.3, -0.25) is 19.5 Å². The summed E-state index contributed by atoms with van der Waals surface area (Å²) in [6.45, 7) is 1.61. The summed E-state index contributed by atoms with van der Waals surface area (Å²) in [4.78, 5) is 19.0. The number of hydrogen-bond donors (Lipinski definition) is 0. The van der Waals surface area contributed by atoms with E-state index in [0.717, 1.165) is 0 Å². The first-order valence-corrected chi connectivity index (χ1v) is 11.8. The van der Waals surface area contributed by atoms with Gasteiger partial charge in [0.2, 0.25) is 5.91 Å². The Labute approximate surface area is 202 Å². The van der Waals surface area contributed by atoms with E-state index in [0.29, 0.717) is 0 Å². The minimum Gasteiger partial charge on any atom is -0.295 e. The highest BCUT2D eigenvalue weighted by Gasteiger charge is 2.47. The van der Waals surface area contributed by atoms with Crippen LogP contribution in [0.2, 0.25) is 0 Å². The molecule has 0 saturated carbocycles. The summed E-state index contributed by atoms with van der Waals surface area (Å²) in [6, 6.07) is 32.4. The van der Waals surface area contributed by atoms with Crippen LogP contribution < -0.4 is 0 Å². The number of nitrogens with zero attached hydrogens (tertiary/aromatic N) is 3. The molecule has 0 spiro atoms. The molecule has 0 unspecified atom stereocenters. The van der Waals surface area contributed by atoms with E-state index in [9.17, 15) is 4.79 Å². The van der Waals surface area contributed by atoms with Crippen molar-refractivity contribution in [2.24, 2.45) is 0 Å². The molecule has 0 bridgehead atoms. The standard InChI is InChI=1S/C30H31N3O/c1-22(34)33-20-19-26(23-13-7-4-8-14-23)27(21-33)30-31(2)28(24-15-9-5-10-16-24)29(32(30)3)25-17-11-6-12-18-25/h4-21,26,28-30H,1-3H3/t26-,28-,29-/m0/s1. The first-order valence-electron chi connectivity index (χ1n) is 11.8. The molecule has 2 aliphatic rings. The number of carbonyl (C=O) groups excluding carboxylic acids is 1. The average Bonchev–Trinajstić information content (AvgIpc) is 3.14. The maximum Gasteiger partial charge on any atom is 0.227 e. The second kappa shape index (κ2) is 9.41.